The molecule has 2 aromatic carbocycles. The van der Waals surface area contributed by atoms with Crippen LogP contribution in [0.25, 0.3) is 0 Å². The van der Waals surface area contributed by atoms with Crippen molar-refractivity contribution in [1.29, 1.82) is 0 Å². The molecule has 0 saturated carbocycles. The number of carbonyl (C=O) groups excluding carboxylic acids is 3. The van der Waals surface area contributed by atoms with Crippen LogP contribution in [0, 0.1) is 0 Å². The zero-order chi connectivity index (χ0) is 43.3. The van der Waals surface area contributed by atoms with E-state index in [1.54, 1.807) is 65.5 Å². The standard InChI is InChI=1S/C25H28ClN3O4S.C20H20ClN3O2S.ClH/c1-25(2,3)33-24(31)28-14-16(15-28)20-13-17(9-10-18-11-12-22(26)34-18)29(27-20)23(30)19-7-5-6-8-21(19)32-4;1-26-18-5-3-2-4-16(18)20(25)24-14(6-7-15-8-9-19(21)27-15)10-17(23-24)13-11-22-12-13;/h5-8,11-13,16H,9-10,14-15H2,1-4H3;2-5,8-10,13,22H,6-7,11-12H2,1H3;1H. The van der Waals surface area contributed by atoms with Gasteiger partial charge in [0.05, 0.1) is 45.4 Å². The monoisotopic (exact) mass is 938 g/mol. The van der Waals surface area contributed by atoms with Crippen LogP contribution < -0.4 is 14.8 Å². The molecule has 1 N–H and O–H groups in total. The Morgan fingerprint density at radius 2 is 1.15 bits per heavy atom. The van der Waals surface area contributed by atoms with E-state index in [4.69, 9.17) is 37.4 Å². The molecule has 4 aromatic heterocycles. The van der Waals surface area contributed by atoms with Crippen LogP contribution >= 0.6 is 58.3 Å². The summed E-state index contributed by atoms with van der Waals surface area (Å²) in [7, 11) is 3.11. The Kier molecular flexibility index (Phi) is 15.6. The Bertz CT molecular complexity index is 2500. The summed E-state index contributed by atoms with van der Waals surface area (Å²) in [5, 5.41) is 12.6. The molecule has 0 radical (unpaired) electrons. The molecule has 2 aliphatic rings. The van der Waals surface area contributed by atoms with Gasteiger partial charge < -0.3 is 24.4 Å². The Hall–Kier alpha value is -4.70. The number of amides is 1. The highest BCUT2D eigenvalue weighted by Crippen LogP contribution is 2.31. The molecule has 0 unspecified atom stereocenters. The minimum Gasteiger partial charge on any atom is -0.496 e. The molecule has 2 aliphatic heterocycles. The summed E-state index contributed by atoms with van der Waals surface area (Å²) < 4.78 is 20.7. The topological polar surface area (TPSA) is 130 Å². The normalized spacial score (nSPS) is 13.9. The van der Waals surface area contributed by atoms with Crippen molar-refractivity contribution >= 4 is 76.2 Å². The van der Waals surface area contributed by atoms with E-state index in [9.17, 15) is 14.4 Å². The van der Waals surface area contributed by atoms with E-state index in [1.165, 1.54) is 20.9 Å². The maximum absolute atomic E-state index is 13.5. The van der Waals surface area contributed by atoms with Crippen molar-refractivity contribution in [1.82, 2.24) is 29.8 Å². The number of ether oxygens (including phenoxy) is 3. The lowest BCUT2D eigenvalue weighted by molar-refractivity contribution is 0.00778. The fourth-order valence-corrected chi connectivity index (χ4v) is 9.15. The average Bonchev–Trinajstić information content (AvgIpc) is 4.01. The number of aryl methyl sites for hydroxylation is 4. The van der Waals surface area contributed by atoms with Gasteiger partial charge in [-0.1, -0.05) is 47.5 Å². The number of halogens is 3. The van der Waals surface area contributed by atoms with E-state index in [1.807, 2.05) is 69.3 Å². The number of carbonyl (C=O) groups is 3. The second-order valence-corrected chi connectivity index (χ2v) is 19.4. The number of para-hydroxylation sites is 2. The van der Waals surface area contributed by atoms with Gasteiger partial charge in [-0.3, -0.25) is 9.59 Å². The van der Waals surface area contributed by atoms with Crippen LogP contribution in [0.15, 0.2) is 84.9 Å². The number of hydrogen-bond acceptors (Lipinski definition) is 11. The molecule has 62 heavy (non-hydrogen) atoms. The van der Waals surface area contributed by atoms with Gasteiger partial charge in [-0.15, -0.1) is 35.1 Å². The van der Waals surface area contributed by atoms with Crippen LogP contribution in [0.5, 0.6) is 11.5 Å². The molecular weight excluding hydrogens is 891 g/mol. The average molecular weight is 940 g/mol. The van der Waals surface area contributed by atoms with Crippen LogP contribution in [-0.4, -0.2) is 88.4 Å². The van der Waals surface area contributed by atoms with Crippen LogP contribution in [0.1, 0.15) is 85.9 Å². The third-order valence-corrected chi connectivity index (χ3v) is 12.9. The summed E-state index contributed by atoms with van der Waals surface area (Å²) in [4.78, 5) is 43.0. The molecule has 2 fully saturated rings. The number of nitrogens with one attached hydrogen (secondary N) is 1. The van der Waals surface area contributed by atoms with Crippen molar-refractivity contribution in [2.75, 3.05) is 40.4 Å². The zero-order valence-electron chi connectivity index (χ0n) is 35.1. The maximum Gasteiger partial charge on any atom is 0.410 e. The van der Waals surface area contributed by atoms with Gasteiger partial charge >= 0.3 is 6.09 Å². The lowest BCUT2D eigenvalue weighted by atomic mass is 9.96. The number of hydrogen-bond donors (Lipinski definition) is 1. The number of methoxy groups -OCH3 is 2. The van der Waals surface area contributed by atoms with Crippen LogP contribution in [0.3, 0.4) is 0 Å². The molecule has 8 rings (SSSR count). The number of aromatic nitrogens is 4. The van der Waals surface area contributed by atoms with Gasteiger partial charge in [0.15, 0.2) is 0 Å². The molecule has 6 heterocycles. The second kappa shape index (κ2) is 20.7. The maximum atomic E-state index is 13.5. The molecule has 12 nitrogen and oxygen atoms in total. The first-order valence-corrected chi connectivity index (χ1v) is 22.4. The van der Waals surface area contributed by atoms with Gasteiger partial charge in [-0.25, -0.2) is 14.2 Å². The molecule has 0 bridgehead atoms. The van der Waals surface area contributed by atoms with E-state index >= 15 is 0 Å². The van der Waals surface area contributed by atoms with E-state index in [0.717, 1.165) is 68.7 Å². The Morgan fingerprint density at radius 3 is 1.53 bits per heavy atom. The molecule has 1 amide bonds. The summed E-state index contributed by atoms with van der Waals surface area (Å²) in [6, 6.07) is 26.2. The first-order valence-electron chi connectivity index (χ1n) is 20.0. The highest BCUT2D eigenvalue weighted by atomic mass is 35.5. The molecular formula is C45H49Cl3N6O6S2. The summed E-state index contributed by atoms with van der Waals surface area (Å²) >= 11 is 15.2. The molecule has 6 aromatic rings. The molecule has 17 heteroatoms. The predicted molar refractivity (Wildman–Crippen MR) is 247 cm³/mol. The summed E-state index contributed by atoms with van der Waals surface area (Å²) in [5.74, 6) is 1.07. The summed E-state index contributed by atoms with van der Waals surface area (Å²) in [5.41, 5.74) is 3.91. The second-order valence-electron chi connectivity index (χ2n) is 15.8. The minimum absolute atomic E-state index is 0. The lowest BCUT2D eigenvalue weighted by Gasteiger charge is -2.38. The molecule has 328 valence electrons. The van der Waals surface area contributed by atoms with Gasteiger partial charge in [-0.2, -0.15) is 10.2 Å². The van der Waals surface area contributed by atoms with Crippen molar-refractivity contribution in [3.8, 4) is 11.5 Å². The molecule has 2 saturated heterocycles. The fourth-order valence-electron chi connectivity index (χ4n) is 6.97. The Labute approximate surface area is 385 Å². The van der Waals surface area contributed by atoms with Gasteiger partial charge in [0.25, 0.3) is 11.8 Å². The first-order chi connectivity index (χ1) is 29.3. The zero-order valence-corrected chi connectivity index (χ0v) is 39.0. The third kappa shape index (κ3) is 11.3. The van der Waals surface area contributed by atoms with E-state index in [-0.39, 0.29) is 36.2 Å². The SMILES string of the molecule is COc1ccccc1C(=O)n1nc(C2CN(C(=O)OC(C)(C)C)C2)cc1CCc1ccc(Cl)s1.COc1ccccc1C(=O)n1nc(C2CNC2)cc1CCc1ccc(Cl)s1.Cl. The summed E-state index contributed by atoms with van der Waals surface area (Å²) in [6.45, 7) is 8.37. The van der Waals surface area contributed by atoms with E-state index < -0.39 is 5.60 Å². The molecule has 0 spiro atoms. The number of benzene rings is 2. The predicted octanol–water partition coefficient (Wildman–Crippen LogP) is 9.60. The van der Waals surface area contributed by atoms with Crippen molar-refractivity contribution in [3.63, 3.8) is 0 Å². The number of nitrogens with zero attached hydrogens (tertiary/aromatic N) is 5. The highest BCUT2D eigenvalue weighted by Gasteiger charge is 2.37. The largest absolute Gasteiger partial charge is 0.496 e. The fraction of sp³-hybridized carbons (Fsp3) is 0.356. The third-order valence-electron chi connectivity index (χ3n) is 10.3. The van der Waals surface area contributed by atoms with Gasteiger partial charge in [0, 0.05) is 59.2 Å². The van der Waals surface area contributed by atoms with E-state index in [2.05, 4.69) is 21.6 Å². The number of likely N-dealkylation sites (tertiary alicyclic amines) is 1. The quantitative estimate of drug-likeness (QED) is 0.128. The van der Waals surface area contributed by atoms with Gasteiger partial charge in [0.2, 0.25) is 0 Å². The highest BCUT2D eigenvalue weighted by molar-refractivity contribution is 7.16. The molecule has 0 aliphatic carbocycles. The number of thiophene rings is 2. The molecule has 0 atom stereocenters. The lowest BCUT2D eigenvalue weighted by Crippen LogP contribution is -2.50. The Balaban J connectivity index is 0.000000209. The van der Waals surface area contributed by atoms with Crippen molar-refractivity contribution in [3.05, 3.63) is 137 Å². The van der Waals surface area contributed by atoms with Crippen LogP contribution in [0.2, 0.25) is 8.67 Å². The summed E-state index contributed by atoms with van der Waals surface area (Å²) in [6.07, 6.45) is 2.60. The van der Waals surface area contributed by atoms with Gasteiger partial charge in [0.1, 0.15) is 17.1 Å². The van der Waals surface area contributed by atoms with Crippen LogP contribution in [-0.2, 0) is 30.4 Å². The van der Waals surface area contributed by atoms with Gasteiger partial charge in [-0.05, 0) is 107 Å². The van der Waals surface area contributed by atoms with Crippen molar-refractivity contribution in [2.45, 2.75) is 63.9 Å². The Morgan fingerprint density at radius 1 is 0.694 bits per heavy atom. The van der Waals surface area contributed by atoms with E-state index in [0.29, 0.717) is 48.1 Å². The first kappa shape index (κ1) is 46.8. The van der Waals surface area contributed by atoms with Crippen molar-refractivity contribution < 1.29 is 28.6 Å². The van der Waals surface area contributed by atoms with Crippen molar-refractivity contribution in [2.24, 2.45) is 0 Å². The number of rotatable bonds is 12. The minimum atomic E-state index is -0.539. The smallest absolute Gasteiger partial charge is 0.410 e. The van der Waals surface area contributed by atoms with Crippen LogP contribution in [0.4, 0.5) is 4.79 Å².